The van der Waals surface area contributed by atoms with Crippen LogP contribution in [0.3, 0.4) is 0 Å². The van der Waals surface area contributed by atoms with Crippen LogP contribution in [-0.2, 0) is 23.6 Å². The Morgan fingerprint density at radius 2 is 1.96 bits per heavy atom. The lowest BCUT2D eigenvalue weighted by atomic mass is 9.95. The second-order valence-electron chi connectivity index (χ2n) is 6.75. The molecule has 0 saturated heterocycles. The number of hydrogen-bond acceptors (Lipinski definition) is 5. The average Bonchev–Trinajstić information content (AvgIpc) is 2.92. The van der Waals surface area contributed by atoms with Crippen molar-refractivity contribution in [2.24, 2.45) is 10.7 Å². The molecule has 26 heavy (non-hydrogen) atoms. The fraction of sp³-hybridized carbons (Fsp3) is 0.350. The molecule has 0 radical (unpaired) electrons. The van der Waals surface area contributed by atoms with Crippen molar-refractivity contribution >= 4 is 21.9 Å². The maximum atomic E-state index is 6.23. The maximum Gasteiger partial charge on any atom is 0.218 e. The van der Waals surface area contributed by atoms with Crippen LogP contribution in [0, 0.1) is 0 Å². The Morgan fingerprint density at radius 3 is 2.73 bits per heavy atom. The lowest BCUT2D eigenvalue weighted by Gasteiger charge is -2.28. The highest BCUT2D eigenvalue weighted by atomic mass is 79.9. The van der Waals surface area contributed by atoms with E-state index in [1.807, 2.05) is 18.2 Å². The van der Waals surface area contributed by atoms with Crippen LogP contribution in [0.25, 0.3) is 0 Å². The van der Waals surface area contributed by atoms with Gasteiger partial charge in [0.05, 0.1) is 5.56 Å². The summed E-state index contributed by atoms with van der Waals surface area (Å²) in [5.74, 6) is 1.16. The highest BCUT2D eigenvalue weighted by Crippen LogP contribution is 2.43. The van der Waals surface area contributed by atoms with Crippen molar-refractivity contribution in [2.45, 2.75) is 38.0 Å². The average molecular weight is 416 g/mol. The van der Waals surface area contributed by atoms with E-state index < -0.39 is 5.72 Å². The molecular weight excluding hydrogens is 394 g/mol. The van der Waals surface area contributed by atoms with E-state index in [9.17, 15) is 0 Å². The Morgan fingerprint density at radius 1 is 1.15 bits per heavy atom. The number of aryl methyl sites for hydroxylation is 1. The Kier molecular flexibility index (Phi) is 4.63. The standard InChI is InChI=1S/C20H22BrN3O2/c1-24-19(22)23-20(26-24)11-5-4-7-14-6-2-3-8-15(14)13-25-18-10-9-16(21)12-17(18)20/h2-3,6,8-10,12H,4-5,7,11,13H2,1H3,(H2,22,23). The summed E-state index contributed by atoms with van der Waals surface area (Å²) in [6.07, 6.45) is 3.80. The quantitative estimate of drug-likeness (QED) is 0.703. The molecular formula is C20H22BrN3O2. The third kappa shape index (κ3) is 3.19. The molecule has 6 heteroatoms. The molecule has 0 aromatic heterocycles. The second kappa shape index (κ2) is 6.93. The summed E-state index contributed by atoms with van der Waals surface area (Å²) >= 11 is 3.57. The molecule has 136 valence electrons. The van der Waals surface area contributed by atoms with Gasteiger partial charge in [-0.2, -0.15) is 0 Å². The Bertz CT molecular complexity index is 855. The Labute approximate surface area is 161 Å². The molecule has 1 atom stereocenters. The monoisotopic (exact) mass is 415 g/mol. The van der Waals surface area contributed by atoms with Gasteiger partial charge in [-0.3, -0.25) is 0 Å². The number of hydrogen-bond donors (Lipinski definition) is 1. The minimum Gasteiger partial charge on any atom is -0.488 e. The molecule has 1 unspecified atom stereocenters. The summed E-state index contributed by atoms with van der Waals surface area (Å²) < 4.78 is 7.19. The van der Waals surface area contributed by atoms with Crippen molar-refractivity contribution in [2.75, 3.05) is 7.05 Å². The van der Waals surface area contributed by atoms with Gasteiger partial charge < -0.3 is 10.5 Å². The first kappa shape index (κ1) is 17.4. The van der Waals surface area contributed by atoms with E-state index in [1.165, 1.54) is 11.1 Å². The Hall–Kier alpha value is -2.05. The predicted octanol–water partition coefficient (Wildman–Crippen LogP) is 4.10. The van der Waals surface area contributed by atoms with E-state index in [0.29, 0.717) is 12.6 Å². The van der Waals surface area contributed by atoms with E-state index in [0.717, 1.165) is 41.5 Å². The highest BCUT2D eigenvalue weighted by molar-refractivity contribution is 9.10. The summed E-state index contributed by atoms with van der Waals surface area (Å²) in [6, 6.07) is 14.4. The summed E-state index contributed by atoms with van der Waals surface area (Å²) in [6.45, 7) is 0.524. The molecule has 1 spiro atoms. The van der Waals surface area contributed by atoms with Gasteiger partial charge in [-0.1, -0.05) is 40.2 Å². The third-order valence-electron chi connectivity index (χ3n) is 4.98. The number of guanidine groups is 1. The van der Waals surface area contributed by atoms with Crippen molar-refractivity contribution in [3.05, 3.63) is 63.6 Å². The maximum absolute atomic E-state index is 6.23. The van der Waals surface area contributed by atoms with Crippen LogP contribution in [0.15, 0.2) is 51.9 Å². The molecule has 0 bridgehead atoms. The van der Waals surface area contributed by atoms with E-state index in [4.69, 9.17) is 20.3 Å². The number of aliphatic imine (C=N–C) groups is 1. The van der Waals surface area contributed by atoms with Crippen LogP contribution in [0.5, 0.6) is 5.75 Å². The second-order valence-corrected chi connectivity index (χ2v) is 7.66. The zero-order chi connectivity index (χ0) is 18.1. The van der Waals surface area contributed by atoms with Gasteiger partial charge in [0.1, 0.15) is 12.4 Å². The smallest absolute Gasteiger partial charge is 0.218 e. The van der Waals surface area contributed by atoms with Crippen LogP contribution in [0.4, 0.5) is 0 Å². The van der Waals surface area contributed by atoms with E-state index in [-0.39, 0.29) is 0 Å². The number of ether oxygens (including phenoxy) is 1. The molecule has 0 fully saturated rings. The number of nitrogens with two attached hydrogens (primary N) is 1. The third-order valence-corrected chi connectivity index (χ3v) is 5.47. The molecule has 2 aliphatic rings. The van der Waals surface area contributed by atoms with Crippen molar-refractivity contribution < 1.29 is 9.57 Å². The number of fused-ring (bicyclic) bond motifs is 3. The molecule has 0 aliphatic carbocycles. The molecule has 2 N–H and O–H groups in total. The fourth-order valence-corrected chi connectivity index (χ4v) is 3.97. The SMILES string of the molecule is CN1OC2(CCCCc3ccccc3COc3ccc(Br)cc32)N=C1N. The number of nitrogens with zero attached hydrogens (tertiary/aromatic N) is 2. The van der Waals surface area contributed by atoms with Crippen molar-refractivity contribution in [1.82, 2.24) is 5.06 Å². The molecule has 2 aromatic carbocycles. The minimum atomic E-state index is -0.839. The zero-order valence-corrected chi connectivity index (χ0v) is 16.3. The molecule has 2 aliphatic heterocycles. The van der Waals surface area contributed by atoms with Crippen molar-refractivity contribution in [3.8, 4) is 5.75 Å². The lowest BCUT2D eigenvalue weighted by molar-refractivity contribution is -0.177. The predicted molar refractivity (Wildman–Crippen MR) is 105 cm³/mol. The fourth-order valence-electron chi connectivity index (χ4n) is 3.61. The highest BCUT2D eigenvalue weighted by Gasteiger charge is 2.43. The molecule has 2 aromatic rings. The molecule has 5 nitrogen and oxygen atoms in total. The van der Waals surface area contributed by atoms with Crippen LogP contribution in [0.2, 0.25) is 0 Å². The van der Waals surface area contributed by atoms with Gasteiger partial charge >= 0.3 is 0 Å². The normalized spacial score (nSPS) is 22.8. The van der Waals surface area contributed by atoms with Crippen LogP contribution in [0.1, 0.15) is 36.0 Å². The topological polar surface area (TPSA) is 60.1 Å². The van der Waals surface area contributed by atoms with E-state index in [1.54, 1.807) is 12.1 Å². The first-order valence-electron chi connectivity index (χ1n) is 8.85. The molecule has 2 heterocycles. The van der Waals surface area contributed by atoms with Gasteiger partial charge in [-0.05, 0) is 48.6 Å². The zero-order valence-electron chi connectivity index (χ0n) is 14.7. The molecule has 0 amide bonds. The first-order chi connectivity index (χ1) is 12.6. The van der Waals surface area contributed by atoms with Gasteiger partial charge in [0.15, 0.2) is 0 Å². The van der Waals surface area contributed by atoms with E-state index in [2.05, 4.69) is 40.2 Å². The summed E-state index contributed by atoms with van der Waals surface area (Å²) in [5.41, 5.74) is 8.67. The number of benzene rings is 2. The van der Waals surface area contributed by atoms with Gasteiger partial charge in [-0.15, -0.1) is 0 Å². The largest absolute Gasteiger partial charge is 0.488 e. The van der Waals surface area contributed by atoms with Gasteiger partial charge in [0, 0.05) is 17.9 Å². The van der Waals surface area contributed by atoms with E-state index >= 15 is 0 Å². The molecule has 0 saturated carbocycles. The van der Waals surface area contributed by atoms with Crippen molar-refractivity contribution in [1.29, 1.82) is 0 Å². The number of hydroxylamine groups is 2. The van der Waals surface area contributed by atoms with Gasteiger partial charge in [-0.25, -0.2) is 14.9 Å². The number of rotatable bonds is 0. The van der Waals surface area contributed by atoms with Crippen LogP contribution >= 0.6 is 15.9 Å². The minimum absolute atomic E-state index is 0.383. The summed E-state index contributed by atoms with van der Waals surface area (Å²) in [4.78, 5) is 10.8. The van der Waals surface area contributed by atoms with Gasteiger partial charge in [0.25, 0.3) is 0 Å². The van der Waals surface area contributed by atoms with Crippen LogP contribution < -0.4 is 10.5 Å². The number of halogens is 1. The van der Waals surface area contributed by atoms with Crippen molar-refractivity contribution in [3.63, 3.8) is 0 Å². The first-order valence-corrected chi connectivity index (χ1v) is 9.64. The molecule has 4 rings (SSSR count). The summed E-state index contributed by atoms with van der Waals surface area (Å²) in [5, 5.41) is 1.54. The van der Waals surface area contributed by atoms with Crippen LogP contribution in [-0.4, -0.2) is 18.1 Å². The lowest BCUT2D eigenvalue weighted by Crippen LogP contribution is -2.32. The van der Waals surface area contributed by atoms with Gasteiger partial charge in [0.2, 0.25) is 11.7 Å². The Balaban J connectivity index is 1.79. The summed E-state index contributed by atoms with van der Waals surface area (Å²) in [7, 11) is 1.78.